The van der Waals surface area contributed by atoms with Gasteiger partial charge in [0.05, 0.1) is 0 Å². The second kappa shape index (κ2) is 5.16. The highest BCUT2D eigenvalue weighted by Gasteiger charge is 2.39. The molecule has 0 spiro atoms. The monoisotopic (exact) mass is 265 g/mol. The van der Waals surface area contributed by atoms with Gasteiger partial charge in [-0.05, 0) is 32.2 Å². The summed E-state index contributed by atoms with van der Waals surface area (Å²) in [6, 6.07) is 0.954. The predicted octanol–water partition coefficient (Wildman–Crippen LogP) is 1.51. The molecule has 1 aliphatic heterocycles. The molecule has 14 heavy (non-hydrogen) atoms. The quantitative estimate of drug-likeness (QED) is 0.674. The van der Waals surface area contributed by atoms with Crippen molar-refractivity contribution in [3.63, 3.8) is 0 Å². The molecule has 0 aromatic carbocycles. The molecule has 1 aliphatic rings. The Labute approximate surface area is 92.3 Å². The van der Waals surface area contributed by atoms with E-state index in [0.29, 0.717) is 0 Å². The molecule has 0 aromatic heterocycles. The maximum Gasteiger partial charge on any atom is 0.362 e. The molecular formula is C6H17O4Si4. The lowest BCUT2D eigenvalue weighted by Crippen LogP contribution is -2.52. The molecule has 8 heteroatoms. The van der Waals surface area contributed by atoms with Gasteiger partial charge in [-0.3, -0.25) is 0 Å². The lowest BCUT2D eigenvalue weighted by atomic mass is 11.0. The fraction of sp³-hybridized carbons (Fsp3) is 1.00. The van der Waals surface area contributed by atoms with Crippen LogP contribution in [0.15, 0.2) is 0 Å². The van der Waals surface area contributed by atoms with Crippen molar-refractivity contribution in [2.24, 2.45) is 0 Å². The van der Waals surface area contributed by atoms with Gasteiger partial charge in [-0.2, -0.15) is 0 Å². The van der Waals surface area contributed by atoms with Crippen LogP contribution in [0, 0.1) is 0 Å². The van der Waals surface area contributed by atoms with Crippen LogP contribution in [0.4, 0.5) is 0 Å². The Hall–Kier alpha value is 0.708. The van der Waals surface area contributed by atoms with Crippen molar-refractivity contribution in [1.82, 2.24) is 0 Å². The van der Waals surface area contributed by atoms with E-state index in [1.807, 2.05) is 19.6 Å². The molecule has 0 unspecified atom stereocenters. The van der Waals surface area contributed by atoms with Gasteiger partial charge < -0.3 is 16.5 Å². The van der Waals surface area contributed by atoms with Gasteiger partial charge >= 0.3 is 36.4 Å². The SMILES string of the molecule is CC[Si]1(C)O[Si](C)O[Si](C)O[Si](C)O1. The molecule has 0 amide bonds. The Kier molecular flexibility index (Phi) is 4.71. The van der Waals surface area contributed by atoms with Gasteiger partial charge in [0.15, 0.2) is 0 Å². The summed E-state index contributed by atoms with van der Waals surface area (Å²) in [5.74, 6) is 0. The highest BCUT2D eigenvalue weighted by atomic mass is 28.5. The van der Waals surface area contributed by atoms with Gasteiger partial charge in [0.2, 0.25) is 0 Å². The number of rotatable bonds is 1. The molecule has 4 nitrogen and oxygen atoms in total. The molecule has 0 aromatic rings. The van der Waals surface area contributed by atoms with Gasteiger partial charge in [-0.1, -0.05) is 6.92 Å². The summed E-state index contributed by atoms with van der Waals surface area (Å²) in [6.45, 7) is 10.2. The third kappa shape index (κ3) is 3.70. The van der Waals surface area contributed by atoms with E-state index in [1.54, 1.807) is 0 Å². The second-order valence-corrected chi connectivity index (χ2v) is 12.6. The lowest BCUT2D eigenvalue weighted by Gasteiger charge is -2.34. The molecule has 1 rings (SSSR count). The van der Waals surface area contributed by atoms with Crippen molar-refractivity contribution in [1.29, 1.82) is 0 Å². The average Bonchev–Trinajstić information content (AvgIpc) is 2.00. The van der Waals surface area contributed by atoms with Crippen molar-refractivity contribution in [2.45, 2.75) is 39.2 Å². The zero-order chi connectivity index (χ0) is 10.8. The summed E-state index contributed by atoms with van der Waals surface area (Å²) in [6.07, 6.45) is 0. The Morgan fingerprint density at radius 1 is 0.929 bits per heavy atom. The molecule has 1 fully saturated rings. The van der Waals surface area contributed by atoms with Crippen LogP contribution < -0.4 is 0 Å². The van der Waals surface area contributed by atoms with Crippen LogP contribution in [-0.2, 0) is 16.5 Å². The summed E-state index contributed by atoms with van der Waals surface area (Å²) in [5.41, 5.74) is 0. The lowest BCUT2D eigenvalue weighted by molar-refractivity contribution is 0.275. The van der Waals surface area contributed by atoms with E-state index in [9.17, 15) is 0 Å². The summed E-state index contributed by atoms with van der Waals surface area (Å²) in [7, 11) is -5.47. The van der Waals surface area contributed by atoms with Gasteiger partial charge in [0.25, 0.3) is 0 Å². The molecule has 0 aliphatic carbocycles. The second-order valence-electron chi connectivity index (χ2n) is 3.37. The third-order valence-electron chi connectivity index (χ3n) is 1.94. The minimum atomic E-state index is -1.99. The zero-order valence-corrected chi connectivity index (χ0v) is 13.3. The Morgan fingerprint density at radius 2 is 1.36 bits per heavy atom. The molecule has 0 bridgehead atoms. The van der Waals surface area contributed by atoms with Gasteiger partial charge in [-0.15, -0.1) is 0 Å². The van der Waals surface area contributed by atoms with E-state index in [4.69, 9.17) is 16.5 Å². The molecule has 81 valence electrons. The fourth-order valence-electron chi connectivity index (χ4n) is 1.24. The Morgan fingerprint density at radius 3 is 1.71 bits per heavy atom. The minimum Gasteiger partial charge on any atom is -0.415 e. The summed E-state index contributed by atoms with van der Waals surface area (Å²) in [5, 5.41) is 0. The van der Waals surface area contributed by atoms with Crippen molar-refractivity contribution in [3.05, 3.63) is 0 Å². The van der Waals surface area contributed by atoms with Crippen LogP contribution >= 0.6 is 0 Å². The van der Waals surface area contributed by atoms with Crippen LogP contribution in [0.3, 0.4) is 0 Å². The molecular weight excluding hydrogens is 248 g/mol. The Balaban J connectivity index is 2.65. The smallest absolute Gasteiger partial charge is 0.362 e. The molecule has 3 radical (unpaired) electrons. The molecule has 1 saturated heterocycles. The summed E-state index contributed by atoms with van der Waals surface area (Å²) in [4.78, 5) is 0. The van der Waals surface area contributed by atoms with E-state index in [2.05, 4.69) is 13.5 Å². The average molecular weight is 266 g/mol. The topological polar surface area (TPSA) is 36.9 Å². The van der Waals surface area contributed by atoms with E-state index >= 15 is 0 Å². The molecule has 0 N–H and O–H groups in total. The van der Waals surface area contributed by atoms with E-state index in [0.717, 1.165) is 6.04 Å². The maximum atomic E-state index is 5.94. The van der Waals surface area contributed by atoms with Gasteiger partial charge in [0.1, 0.15) is 0 Å². The van der Waals surface area contributed by atoms with Gasteiger partial charge in [0, 0.05) is 0 Å². The first-order valence-corrected chi connectivity index (χ1v) is 12.7. The highest BCUT2D eigenvalue weighted by molar-refractivity contribution is 6.81. The minimum absolute atomic E-state index is 0.954. The van der Waals surface area contributed by atoms with Crippen LogP contribution in [0.25, 0.3) is 0 Å². The van der Waals surface area contributed by atoms with Gasteiger partial charge in [-0.25, -0.2) is 0 Å². The van der Waals surface area contributed by atoms with Crippen molar-refractivity contribution < 1.29 is 16.5 Å². The largest absolute Gasteiger partial charge is 0.415 e. The predicted molar refractivity (Wildman–Crippen MR) is 61.3 cm³/mol. The summed E-state index contributed by atoms with van der Waals surface area (Å²) >= 11 is 0. The van der Waals surface area contributed by atoms with Crippen LogP contribution in [-0.4, -0.2) is 36.4 Å². The normalized spacial score (nSPS) is 27.2. The van der Waals surface area contributed by atoms with Crippen molar-refractivity contribution in [2.75, 3.05) is 0 Å². The molecule has 1 heterocycles. The van der Waals surface area contributed by atoms with E-state index in [1.165, 1.54) is 0 Å². The number of hydrogen-bond acceptors (Lipinski definition) is 4. The van der Waals surface area contributed by atoms with E-state index in [-0.39, 0.29) is 0 Å². The third-order valence-corrected chi connectivity index (χ3v) is 13.6. The first-order chi connectivity index (χ1) is 6.45. The zero-order valence-electron chi connectivity index (χ0n) is 9.34. The first-order valence-electron chi connectivity index (χ1n) is 4.69. The van der Waals surface area contributed by atoms with Crippen LogP contribution in [0.5, 0.6) is 0 Å². The maximum absolute atomic E-state index is 5.94. The first kappa shape index (κ1) is 12.8. The molecule has 0 saturated carbocycles. The molecule has 0 atom stereocenters. The van der Waals surface area contributed by atoms with E-state index < -0.39 is 36.4 Å². The standard InChI is InChI=1S/C6H17O4Si4/c1-6-14(5)9-12(3)7-11(2)8-13(4)10-14/h6H2,1-5H3. The fourth-order valence-corrected chi connectivity index (χ4v) is 12.7. The Bertz CT molecular complexity index is 179. The van der Waals surface area contributed by atoms with Crippen LogP contribution in [0.2, 0.25) is 32.2 Å². The highest BCUT2D eigenvalue weighted by Crippen LogP contribution is 2.19. The van der Waals surface area contributed by atoms with Crippen LogP contribution in [0.1, 0.15) is 6.92 Å². The summed E-state index contributed by atoms with van der Waals surface area (Å²) < 4.78 is 23.3. The van der Waals surface area contributed by atoms with Crippen molar-refractivity contribution in [3.8, 4) is 0 Å². The van der Waals surface area contributed by atoms with Crippen molar-refractivity contribution >= 4 is 36.4 Å². The number of hydrogen-bond donors (Lipinski definition) is 0.